The minimum absolute atomic E-state index is 0.271. The number of ketones is 1. The molecule has 1 aromatic rings. The van der Waals surface area contributed by atoms with Gasteiger partial charge in [0, 0.05) is 16.6 Å². The van der Waals surface area contributed by atoms with E-state index < -0.39 is 0 Å². The number of halogens is 1. The number of carbonyl (C=O) groups excluding carboxylic acids is 1. The van der Waals surface area contributed by atoms with Gasteiger partial charge in [0.2, 0.25) is 0 Å². The van der Waals surface area contributed by atoms with Crippen LogP contribution in [0.5, 0.6) is 0 Å². The van der Waals surface area contributed by atoms with Crippen LogP contribution in [0.1, 0.15) is 28.9 Å². The van der Waals surface area contributed by atoms with Gasteiger partial charge in [0.1, 0.15) is 0 Å². The highest BCUT2D eigenvalue weighted by Gasteiger charge is 2.22. The van der Waals surface area contributed by atoms with Crippen LogP contribution in [0.25, 0.3) is 0 Å². The van der Waals surface area contributed by atoms with Crippen LogP contribution >= 0.6 is 15.9 Å². The minimum Gasteiger partial charge on any atom is -0.370 e. The smallest absolute Gasteiger partial charge is 0.165 e. The Balaban J connectivity index is 2.61. The van der Waals surface area contributed by atoms with E-state index in [0.717, 1.165) is 34.2 Å². The zero-order chi connectivity index (χ0) is 8.72. The molecule has 1 aromatic heterocycles. The van der Waals surface area contributed by atoms with Crippen molar-refractivity contribution in [3.8, 4) is 0 Å². The fourth-order valence-electron chi connectivity index (χ4n) is 1.69. The van der Waals surface area contributed by atoms with Gasteiger partial charge in [-0.2, -0.15) is 0 Å². The lowest BCUT2D eigenvalue weighted by Gasteiger charge is -2.09. The van der Waals surface area contributed by atoms with Gasteiger partial charge < -0.3 is 4.98 Å². The average molecular weight is 226 g/mol. The Kier molecular flexibility index (Phi) is 1.87. The predicted molar refractivity (Wildman–Crippen MR) is 53.9 cm³/mol. The second-order valence-electron chi connectivity index (χ2n) is 3.19. The Hall–Kier alpha value is -0.505. The lowest BCUT2D eigenvalue weighted by molar-refractivity contribution is 0.0972. The number of nitrogens with one attached hydrogen (secondary N) is 1. The molecule has 0 fully saturated rings. The highest BCUT2D eigenvalue weighted by Crippen LogP contribution is 2.25. The summed E-state index contributed by atoms with van der Waals surface area (Å²) in [5.41, 5.74) is 3.06. The molecule has 0 amide bonds. The maximum atomic E-state index is 11.5. The molecule has 1 heterocycles. The Bertz CT molecular complexity index is 345. The first-order valence-corrected chi connectivity index (χ1v) is 4.89. The van der Waals surface area contributed by atoms with E-state index in [1.54, 1.807) is 0 Å². The van der Waals surface area contributed by atoms with E-state index in [1.165, 1.54) is 0 Å². The summed E-state index contributed by atoms with van der Waals surface area (Å²) in [6.45, 7) is 0. The van der Waals surface area contributed by atoms with Crippen LogP contribution < -0.4 is 5.59 Å². The molecule has 2 rings (SSSR count). The third kappa shape index (κ3) is 1.05. The fourth-order valence-corrected chi connectivity index (χ4v) is 2.25. The number of aryl methyl sites for hydroxylation is 1. The Morgan fingerprint density at radius 1 is 1.42 bits per heavy atom. The largest absolute Gasteiger partial charge is 0.370 e. The van der Waals surface area contributed by atoms with E-state index in [2.05, 4.69) is 20.9 Å². The molecule has 0 atom stereocenters. The molecule has 2 nitrogen and oxygen atoms in total. The summed E-state index contributed by atoms with van der Waals surface area (Å²) in [5, 5.41) is 0. The normalized spacial score (nSPS) is 16.2. The molecule has 4 heteroatoms. The summed E-state index contributed by atoms with van der Waals surface area (Å²) < 4.78 is 0.960. The van der Waals surface area contributed by atoms with Gasteiger partial charge in [-0.05, 0) is 34.4 Å². The molecule has 0 bridgehead atoms. The number of hydrogen-bond acceptors (Lipinski definition) is 1. The van der Waals surface area contributed by atoms with Gasteiger partial charge in [0.05, 0.1) is 5.56 Å². The van der Waals surface area contributed by atoms with Crippen LogP contribution in [0.3, 0.4) is 0 Å². The third-order valence-corrected chi connectivity index (χ3v) is 3.29. The molecule has 1 aliphatic rings. The number of H-pyrrole nitrogens is 1. The van der Waals surface area contributed by atoms with Crippen LogP contribution in [-0.2, 0) is 6.42 Å². The first-order chi connectivity index (χ1) is 5.70. The van der Waals surface area contributed by atoms with Crippen LogP contribution in [0.4, 0.5) is 0 Å². The predicted octanol–water partition coefficient (Wildman–Crippen LogP) is 0.555. The SMILES string of the molecule is Bc1[nH]c2c(c1Br)C(=O)CCC2. The fraction of sp³-hybridized carbons (Fsp3) is 0.375. The van der Waals surface area contributed by atoms with Crippen molar-refractivity contribution in [1.29, 1.82) is 0 Å². The first kappa shape index (κ1) is 8.11. The van der Waals surface area contributed by atoms with Gasteiger partial charge in [0.25, 0.3) is 0 Å². The van der Waals surface area contributed by atoms with E-state index in [1.807, 2.05) is 7.85 Å². The van der Waals surface area contributed by atoms with Crippen molar-refractivity contribution in [3.63, 3.8) is 0 Å². The van der Waals surface area contributed by atoms with Crippen molar-refractivity contribution >= 4 is 35.2 Å². The van der Waals surface area contributed by atoms with Crippen LogP contribution in [0.15, 0.2) is 4.47 Å². The standard InChI is InChI=1S/C8H9BBrNO/c9-8-7(10)6-4(11-8)2-1-3-5(6)12/h11H,1-3,9H2. The lowest BCUT2D eigenvalue weighted by Crippen LogP contribution is -2.09. The molecule has 0 saturated carbocycles. The minimum atomic E-state index is 0.271. The second kappa shape index (κ2) is 2.77. The topological polar surface area (TPSA) is 32.9 Å². The zero-order valence-electron chi connectivity index (χ0n) is 6.91. The summed E-state index contributed by atoms with van der Waals surface area (Å²) in [4.78, 5) is 14.7. The zero-order valence-corrected chi connectivity index (χ0v) is 8.49. The molecule has 0 unspecified atom stereocenters. The average Bonchev–Trinajstić information content (AvgIpc) is 2.29. The van der Waals surface area contributed by atoms with Crippen molar-refractivity contribution in [1.82, 2.24) is 4.98 Å². The highest BCUT2D eigenvalue weighted by atomic mass is 79.9. The quantitative estimate of drug-likeness (QED) is 0.644. The number of Topliss-reactive ketones (excluding diaryl/α,β-unsaturated/α-hetero) is 1. The summed E-state index contributed by atoms with van der Waals surface area (Å²) in [5.74, 6) is 0.271. The van der Waals surface area contributed by atoms with Crippen LogP contribution in [0.2, 0.25) is 0 Å². The summed E-state index contributed by atoms with van der Waals surface area (Å²) in [6, 6.07) is 0. The van der Waals surface area contributed by atoms with E-state index in [0.29, 0.717) is 6.42 Å². The lowest BCUT2D eigenvalue weighted by atomic mass is 9.96. The summed E-state index contributed by atoms with van der Waals surface area (Å²) in [6.07, 6.45) is 2.69. The van der Waals surface area contributed by atoms with Gasteiger partial charge in [-0.25, -0.2) is 0 Å². The number of aromatic amines is 1. The molecule has 0 aliphatic heterocycles. The van der Waals surface area contributed by atoms with Crippen molar-refractivity contribution in [2.45, 2.75) is 19.3 Å². The number of hydrogen-bond donors (Lipinski definition) is 1. The Morgan fingerprint density at radius 2 is 2.17 bits per heavy atom. The molecule has 1 aliphatic carbocycles. The van der Waals surface area contributed by atoms with Crippen molar-refractivity contribution in [2.75, 3.05) is 0 Å². The Labute approximate surface area is 80.3 Å². The first-order valence-electron chi connectivity index (χ1n) is 4.10. The molecule has 62 valence electrons. The molecule has 12 heavy (non-hydrogen) atoms. The van der Waals surface area contributed by atoms with Gasteiger partial charge in [0.15, 0.2) is 13.6 Å². The van der Waals surface area contributed by atoms with Gasteiger partial charge in [-0.1, -0.05) is 0 Å². The maximum absolute atomic E-state index is 11.5. The van der Waals surface area contributed by atoms with Gasteiger partial charge in [-0.3, -0.25) is 4.79 Å². The monoisotopic (exact) mass is 225 g/mol. The van der Waals surface area contributed by atoms with E-state index >= 15 is 0 Å². The molecular weight excluding hydrogens is 217 g/mol. The second-order valence-corrected chi connectivity index (χ2v) is 3.99. The van der Waals surface area contributed by atoms with Gasteiger partial charge in [-0.15, -0.1) is 0 Å². The van der Waals surface area contributed by atoms with Crippen LogP contribution in [0, 0.1) is 0 Å². The molecule has 0 saturated heterocycles. The van der Waals surface area contributed by atoms with E-state index in [9.17, 15) is 4.79 Å². The maximum Gasteiger partial charge on any atom is 0.165 e. The third-order valence-electron chi connectivity index (χ3n) is 2.30. The number of fused-ring (bicyclic) bond motifs is 1. The van der Waals surface area contributed by atoms with E-state index in [-0.39, 0.29) is 5.78 Å². The van der Waals surface area contributed by atoms with Gasteiger partial charge >= 0.3 is 0 Å². The Morgan fingerprint density at radius 3 is 2.83 bits per heavy atom. The molecule has 0 aromatic carbocycles. The van der Waals surface area contributed by atoms with Crippen molar-refractivity contribution in [2.24, 2.45) is 0 Å². The molecule has 0 spiro atoms. The highest BCUT2D eigenvalue weighted by molar-refractivity contribution is 9.10. The number of aromatic nitrogens is 1. The van der Waals surface area contributed by atoms with Crippen molar-refractivity contribution < 1.29 is 4.79 Å². The molecular formula is C8H9BBrNO. The summed E-state index contributed by atoms with van der Waals surface area (Å²) in [7, 11) is 1.98. The molecule has 1 N–H and O–H groups in total. The van der Waals surface area contributed by atoms with Crippen LogP contribution in [-0.4, -0.2) is 18.6 Å². The van der Waals surface area contributed by atoms with E-state index in [4.69, 9.17) is 0 Å². The number of carbonyl (C=O) groups is 1. The molecule has 0 radical (unpaired) electrons. The van der Waals surface area contributed by atoms with Crippen molar-refractivity contribution in [3.05, 3.63) is 15.7 Å². The number of rotatable bonds is 0. The summed E-state index contributed by atoms with van der Waals surface area (Å²) >= 11 is 3.42.